The fourth-order valence-corrected chi connectivity index (χ4v) is 5.29. The van der Waals surface area contributed by atoms with E-state index in [2.05, 4.69) is 24.1 Å². The van der Waals surface area contributed by atoms with E-state index in [1.165, 1.54) is 11.8 Å². The Morgan fingerprint density at radius 2 is 1.88 bits per heavy atom. The number of rotatable bonds is 5. The van der Waals surface area contributed by atoms with E-state index in [0.717, 1.165) is 23.3 Å². The molecule has 0 radical (unpaired) electrons. The van der Waals surface area contributed by atoms with Gasteiger partial charge in [0.2, 0.25) is 11.1 Å². The first-order chi connectivity index (χ1) is 15.8. The SMILES string of the molecule is CC1(C)CC(=O)C2=C(C1)Nc1nc(SCC(=O)c3ccccc3)nn1C2c1ccc(Cl)cc1. The van der Waals surface area contributed by atoms with E-state index in [1.807, 2.05) is 42.5 Å². The Hall–Kier alpha value is -2.90. The summed E-state index contributed by atoms with van der Waals surface area (Å²) in [6, 6.07) is 16.3. The Kier molecular flexibility index (Phi) is 5.62. The van der Waals surface area contributed by atoms with Crippen LogP contribution in [0.3, 0.4) is 0 Å². The summed E-state index contributed by atoms with van der Waals surface area (Å²) in [6.45, 7) is 4.20. The van der Waals surface area contributed by atoms with Gasteiger partial charge in [0.15, 0.2) is 11.6 Å². The molecular formula is C25H23ClN4O2S. The Morgan fingerprint density at radius 1 is 1.15 bits per heavy atom. The molecule has 2 heterocycles. The summed E-state index contributed by atoms with van der Waals surface area (Å²) in [4.78, 5) is 30.4. The van der Waals surface area contributed by atoms with Crippen molar-refractivity contribution < 1.29 is 9.59 Å². The van der Waals surface area contributed by atoms with Crippen molar-refractivity contribution in [3.8, 4) is 0 Å². The number of anilines is 1. The molecule has 1 atom stereocenters. The zero-order valence-corrected chi connectivity index (χ0v) is 19.9. The third-order valence-electron chi connectivity index (χ3n) is 5.93. The minimum absolute atomic E-state index is 0.0185. The normalized spacial score (nSPS) is 19.0. The second-order valence-electron chi connectivity index (χ2n) is 9.15. The number of hydrogen-bond acceptors (Lipinski definition) is 6. The third-order valence-corrected chi connectivity index (χ3v) is 7.02. The fraction of sp³-hybridized carbons (Fsp3) is 0.280. The number of nitrogens with one attached hydrogen (secondary N) is 1. The molecule has 1 unspecified atom stereocenters. The van der Waals surface area contributed by atoms with Crippen molar-refractivity contribution in [2.45, 2.75) is 37.9 Å². The number of allylic oxidation sites excluding steroid dienone is 2. The molecule has 1 aliphatic heterocycles. The summed E-state index contributed by atoms with van der Waals surface area (Å²) >= 11 is 7.41. The first-order valence-corrected chi connectivity index (χ1v) is 12.1. The van der Waals surface area contributed by atoms with Gasteiger partial charge in [-0.05, 0) is 29.5 Å². The van der Waals surface area contributed by atoms with Crippen LogP contribution in [-0.2, 0) is 4.79 Å². The van der Waals surface area contributed by atoms with Crippen molar-refractivity contribution in [1.82, 2.24) is 14.8 Å². The zero-order valence-electron chi connectivity index (χ0n) is 18.3. The molecule has 2 aliphatic rings. The summed E-state index contributed by atoms with van der Waals surface area (Å²) < 4.78 is 1.76. The van der Waals surface area contributed by atoms with Gasteiger partial charge in [0, 0.05) is 28.3 Å². The fourth-order valence-electron chi connectivity index (χ4n) is 4.44. The van der Waals surface area contributed by atoms with Crippen LogP contribution in [0.2, 0.25) is 5.02 Å². The van der Waals surface area contributed by atoms with Gasteiger partial charge in [-0.1, -0.05) is 79.7 Å². The molecule has 1 N–H and O–H groups in total. The largest absolute Gasteiger partial charge is 0.328 e. The molecule has 3 aromatic rings. The minimum atomic E-state index is -0.385. The minimum Gasteiger partial charge on any atom is -0.328 e. The van der Waals surface area contributed by atoms with Crippen LogP contribution in [0.5, 0.6) is 0 Å². The topological polar surface area (TPSA) is 76.9 Å². The molecular weight excluding hydrogens is 456 g/mol. The predicted molar refractivity (Wildman–Crippen MR) is 130 cm³/mol. The molecule has 0 bridgehead atoms. The summed E-state index contributed by atoms with van der Waals surface area (Å²) in [6.07, 6.45) is 1.23. The molecule has 33 heavy (non-hydrogen) atoms. The van der Waals surface area contributed by atoms with Crippen LogP contribution in [0, 0.1) is 5.41 Å². The van der Waals surface area contributed by atoms with Crippen LogP contribution in [0.25, 0.3) is 0 Å². The van der Waals surface area contributed by atoms with Gasteiger partial charge in [-0.25, -0.2) is 4.68 Å². The van der Waals surface area contributed by atoms with Crippen molar-refractivity contribution in [3.05, 3.63) is 82.0 Å². The Labute approximate surface area is 201 Å². The molecule has 0 fully saturated rings. The van der Waals surface area contributed by atoms with Crippen LogP contribution in [0.4, 0.5) is 5.95 Å². The lowest BCUT2D eigenvalue weighted by molar-refractivity contribution is -0.118. The molecule has 168 valence electrons. The first-order valence-electron chi connectivity index (χ1n) is 10.8. The van der Waals surface area contributed by atoms with Gasteiger partial charge >= 0.3 is 0 Å². The standard InChI is InChI=1S/C25H23ClN4O2S/c1-25(2)12-18-21(19(31)13-25)22(16-8-10-17(26)11-9-16)30-23(27-18)28-24(29-30)33-14-20(32)15-6-4-3-5-7-15/h3-11,22H,12-14H2,1-2H3,(H,27,28,29). The Bertz CT molecular complexity index is 1270. The molecule has 5 rings (SSSR count). The van der Waals surface area contributed by atoms with Gasteiger partial charge in [0.25, 0.3) is 0 Å². The number of nitrogens with zero attached hydrogens (tertiary/aromatic N) is 3. The molecule has 8 heteroatoms. The van der Waals surface area contributed by atoms with E-state index in [-0.39, 0.29) is 28.8 Å². The summed E-state index contributed by atoms with van der Waals surface area (Å²) in [5.74, 6) is 0.945. The number of thioether (sulfide) groups is 1. The summed E-state index contributed by atoms with van der Waals surface area (Å²) in [7, 11) is 0. The van der Waals surface area contributed by atoms with Gasteiger partial charge in [-0.3, -0.25) is 9.59 Å². The second-order valence-corrected chi connectivity index (χ2v) is 10.5. The highest BCUT2D eigenvalue weighted by Gasteiger charge is 2.41. The van der Waals surface area contributed by atoms with Gasteiger partial charge in [-0.15, -0.1) is 5.10 Å². The monoisotopic (exact) mass is 478 g/mol. The number of halogens is 1. The Morgan fingerprint density at radius 3 is 2.61 bits per heavy atom. The molecule has 0 amide bonds. The average molecular weight is 479 g/mol. The van der Waals surface area contributed by atoms with Crippen LogP contribution >= 0.6 is 23.4 Å². The lowest BCUT2D eigenvalue weighted by Gasteiger charge is -2.38. The number of fused-ring (bicyclic) bond motifs is 1. The number of hydrogen-bond donors (Lipinski definition) is 1. The number of aromatic nitrogens is 3. The highest BCUT2D eigenvalue weighted by molar-refractivity contribution is 7.99. The number of carbonyl (C=O) groups is 2. The molecule has 0 saturated carbocycles. The zero-order chi connectivity index (χ0) is 23.2. The van der Waals surface area contributed by atoms with E-state index < -0.39 is 0 Å². The van der Waals surface area contributed by atoms with Gasteiger partial charge in [0.05, 0.1) is 5.75 Å². The van der Waals surface area contributed by atoms with Crippen molar-refractivity contribution in [1.29, 1.82) is 0 Å². The molecule has 2 aromatic carbocycles. The summed E-state index contributed by atoms with van der Waals surface area (Å²) in [5.41, 5.74) is 3.08. The van der Waals surface area contributed by atoms with Crippen molar-refractivity contribution in [2.75, 3.05) is 11.1 Å². The predicted octanol–water partition coefficient (Wildman–Crippen LogP) is 5.56. The van der Waals surface area contributed by atoms with E-state index in [0.29, 0.717) is 28.1 Å². The maximum absolute atomic E-state index is 13.2. The number of carbonyl (C=O) groups excluding carboxylic acids is 2. The maximum Gasteiger partial charge on any atom is 0.227 e. The van der Waals surface area contributed by atoms with Gasteiger partial charge in [-0.2, -0.15) is 4.98 Å². The van der Waals surface area contributed by atoms with Crippen molar-refractivity contribution >= 4 is 40.9 Å². The van der Waals surface area contributed by atoms with E-state index in [9.17, 15) is 9.59 Å². The second kappa shape index (κ2) is 8.47. The smallest absolute Gasteiger partial charge is 0.227 e. The molecule has 6 nitrogen and oxygen atoms in total. The molecule has 1 aromatic heterocycles. The van der Waals surface area contributed by atoms with E-state index in [4.69, 9.17) is 16.7 Å². The lowest BCUT2D eigenvalue weighted by atomic mass is 9.73. The van der Waals surface area contributed by atoms with Crippen LogP contribution in [-0.4, -0.2) is 32.1 Å². The number of Topliss-reactive ketones (excluding diaryl/α,β-unsaturated/α-hetero) is 2. The van der Waals surface area contributed by atoms with Gasteiger partial charge in [0.1, 0.15) is 6.04 Å². The highest BCUT2D eigenvalue weighted by Crippen LogP contribution is 2.45. The lowest BCUT2D eigenvalue weighted by Crippen LogP contribution is -2.36. The molecule has 1 aliphatic carbocycles. The first kappa shape index (κ1) is 21.9. The third kappa shape index (κ3) is 4.35. The van der Waals surface area contributed by atoms with E-state index in [1.54, 1.807) is 16.8 Å². The highest BCUT2D eigenvalue weighted by atomic mass is 35.5. The van der Waals surface area contributed by atoms with Gasteiger partial charge < -0.3 is 5.32 Å². The van der Waals surface area contributed by atoms with Crippen LogP contribution < -0.4 is 5.32 Å². The van der Waals surface area contributed by atoms with Crippen LogP contribution in [0.1, 0.15) is 48.7 Å². The van der Waals surface area contributed by atoms with E-state index >= 15 is 0 Å². The molecule has 0 spiro atoms. The maximum atomic E-state index is 13.2. The summed E-state index contributed by atoms with van der Waals surface area (Å²) in [5, 5.41) is 9.18. The molecule has 0 saturated heterocycles. The number of benzene rings is 2. The quantitative estimate of drug-likeness (QED) is 0.382. The van der Waals surface area contributed by atoms with Crippen molar-refractivity contribution in [2.24, 2.45) is 5.41 Å². The Balaban J connectivity index is 1.49. The average Bonchev–Trinajstić information content (AvgIpc) is 3.19. The van der Waals surface area contributed by atoms with Crippen molar-refractivity contribution in [3.63, 3.8) is 0 Å². The number of ketones is 2. The van der Waals surface area contributed by atoms with Crippen LogP contribution in [0.15, 0.2) is 71.0 Å².